The molecular formula is C19H25N5O. The molecular weight excluding hydrogens is 314 g/mol. The number of aromatic nitrogens is 3. The summed E-state index contributed by atoms with van der Waals surface area (Å²) in [6.45, 7) is 3.77. The summed E-state index contributed by atoms with van der Waals surface area (Å²) < 4.78 is 0. The van der Waals surface area contributed by atoms with Gasteiger partial charge in [0.15, 0.2) is 5.82 Å². The van der Waals surface area contributed by atoms with Gasteiger partial charge in [-0.15, -0.1) is 0 Å². The van der Waals surface area contributed by atoms with Gasteiger partial charge in [-0.1, -0.05) is 13.3 Å². The molecule has 0 aliphatic carbocycles. The molecule has 6 heteroatoms. The lowest BCUT2D eigenvalue weighted by Crippen LogP contribution is -2.36. The van der Waals surface area contributed by atoms with Crippen LogP contribution in [0.3, 0.4) is 0 Å². The van der Waals surface area contributed by atoms with Crippen LogP contribution in [0.2, 0.25) is 0 Å². The molecule has 25 heavy (non-hydrogen) atoms. The van der Waals surface area contributed by atoms with Crippen LogP contribution >= 0.6 is 0 Å². The van der Waals surface area contributed by atoms with Gasteiger partial charge in [-0.05, 0) is 38.6 Å². The van der Waals surface area contributed by atoms with Crippen molar-refractivity contribution in [3.05, 3.63) is 42.5 Å². The van der Waals surface area contributed by atoms with Crippen LogP contribution in [0.1, 0.15) is 30.1 Å². The Labute approximate surface area is 148 Å². The molecule has 1 aliphatic rings. The van der Waals surface area contributed by atoms with Crippen molar-refractivity contribution in [3.8, 4) is 11.4 Å². The second kappa shape index (κ2) is 7.70. The van der Waals surface area contributed by atoms with Crippen LogP contribution in [0, 0.1) is 5.92 Å². The van der Waals surface area contributed by atoms with Crippen molar-refractivity contribution in [2.45, 2.75) is 25.8 Å². The van der Waals surface area contributed by atoms with Crippen molar-refractivity contribution in [3.63, 3.8) is 0 Å². The molecule has 0 N–H and O–H groups in total. The van der Waals surface area contributed by atoms with Gasteiger partial charge < -0.3 is 9.80 Å². The highest BCUT2D eigenvalue weighted by Gasteiger charge is 2.36. The van der Waals surface area contributed by atoms with Crippen molar-refractivity contribution in [2.75, 3.05) is 27.2 Å². The maximum Gasteiger partial charge on any atom is 0.257 e. The van der Waals surface area contributed by atoms with E-state index in [1.807, 2.05) is 17.0 Å². The summed E-state index contributed by atoms with van der Waals surface area (Å²) in [5.41, 5.74) is 1.44. The van der Waals surface area contributed by atoms with Crippen molar-refractivity contribution in [1.82, 2.24) is 24.8 Å². The predicted molar refractivity (Wildman–Crippen MR) is 97.0 cm³/mol. The average molecular weight is 339 g/mol. The standard InChI is InChI=1S/C19H25N5O/c1-4-5-15-12-24(13-17(15)23(2)3)19(25)16-10-21-18(22-11-16)14-6-8-20-9-7-14/h6-11,15,17H,4-5,12-13H2,1-3H3/t15-,17-/m0/s1. The Morgan fingerprint density at radius 3 is 2.48 bits per heavy atom. The molecule has 2 aromatic heterocycles. The van der Waals surface area contributed by atoms with Crippen LogP contribution in [0.25, 0.3) is 11.4 Å². The summed E-state index contributed by atoms with van der Waals surface area (Å²) in [4.78, 5) is 29.7. The Morgan fingerprint density at radius 2 is 1.88 bits per heavy atom. The predicted octanol–water partition coefficient (Wildman–Crippen LogP) is 2.34. The highest BCUT2D eigenvalue weighted by molar-refractivity contribution is 5.94. The average Bonchev–Trinajstić information content (AvgIpc) is 3.07. The molecule has 0 unspecified atom stereocenters. The molecule has 1 saturated heterocycles. The SMILES string of the molecule is CCC[C@H]1CN(C(=O)c2cnc(-c3ccncc3)nc2)C[C@@H]1N(C)C. The fraction of sp³-hybridized carbons (Fsp3) is 0.474. The molecule has 1 amide bonds. The smallest absolute Gasteiger partial charge is 0.257 e. The second-order valence-corrected chi connectivity index (χ2v) is 6.82. The summed E-state index contributed by atoms with van der Waals surface area (Å²) in [7, 11) is 4.18. The van der Waals surface area contributed by atoms with Crippen molar-refractivity contribution < 1.29 is 4.79 Å². The number of pyridine rings is 1. The summed E-state index contributed by atoms with van der Waals surface area (Å²) in [5, 5.41) is 0. The number of carbonyl (C=O) groups excluding carboxylic acids is 1. The third-order valence-electron chi connectivity index (χ3n) is 4.85. The van der Waals surface area contributed by atoms with Gasteiger partial charge in [0.2, 0.25) is 0 Å². The molecule has 1 aliphatic heterocycles. The number of rotatable bonds is 5. The van der Waals surface area contributed by atoms with Gasteiger partial charge in [-0.3, -0.25) is 9.78 Å². The monoisotopic (exact) mass is 339 g/mol. The third kappa shape index (κ3) is 3.85. The molecule has 6 nitrogen and oxygen atoms in total. The van der Waals surface area contributed by atoms with E-state index in [0.717, 1.165) is 31.5 Å². The van der Waals surface area contributed by atoms with Crippen LogP contribution in [-0.4, -0.2) is 63.9 Å². The van der Waals surface area contributed by atoms with Crippen molar-refractivity contribution in [1.29, 1.82) is 0 Å². The minimum Gasteiger partial charge on any atom is -0.337 e. The van der Waals surface area contributed by atoms with Gasteiger partial charge in [0.1, 0.15) is 0 Å². The van der Waals surface area contributed by atoms with Crippen LogP contribution in [0.5, 0.6) is 0 Å². The first kappa shape index (κ1) is 17.5. The molecule has 0 radical (unpaired) electrons. The lowest BCUT2D eigenvalue weighted by atomic mass is 9.98. The molecule has 0 spiro atoms. The number of amides is 1. The molecule has 3 rings (SSSR count). The molecule has 0 saturated carbocycles. The van der Waals surface area contributed by atoms with E-state index in [0.29, 0.717) is 23.3 Å². The molecule has 2 aromatic rings. The van der Waals surface area contributed by atoms with Gasteiger partial charge in [0, 0.05) is 49.5 Å². The van der Waals surface area contributed by atoms with Crippen molar-refractivity contribution in [2.24, 2.45) is 5.92 Å². The highest BCUT2D eigenvalue weighted by atomic mass is 16.2. The Bertz CT molecular complexity index is 702. The first-order valence-corrected chi connectivity index (χ1v) is 8.78. The van der Waals surface area contributed by atoms with E-state index >= 15 is 0 Å². The number of likely N-dealkylation sites (tertiary alicyclic amines) is 1. The van der Waals surface area contributed by atoms with E-state index < -0.39 is 0 Å². The van der Waals surface area contributed by atoms with E-state index in [4.69, 9.17) is 0 Å². The Kier molecular flexibility index (Phi) is 5.38. The summed E-state index contributed by atoms with van der Waals surface area (Å²) in [5.74, 6) is 1.16. The summed E-state index contributed by atoms with van der Waals surface area (Å²) in [6.07, 6.45) is 8.95. The second-order valence-electron chi connectivity index (χ2n) is 6.82. The van der Waals surface area contributed by atoms with Gasteiger partial charge in [-0.25, -0.2) is 9.97 Å². The zero-order valence-corrected chi connectivity index (χ0v) is 15.1. The largest absolute Gasteiger partial charge is 0.337 e. The zero-order valence-electron chi connectivity index (χ0n) is 15.1. The Morgan fingerprint density at radius 1 is 1.20 bits per heavy atom. The van der Waals surface area contributed by atoms with Crippen LogP contribution in [-0.2, 0) is 0 Å². The lowest BCUT2D eigenvalue weighted by molar-refractivity contribution is 0.0780. The Balaban J connectivity index is 1.73. The van der Waals surface area contributed by atoms with E-state index in [1.165, 1.54) is 0 Å². The fourth-order valence-electron chi connectivity index (χ4n) is 3.53. The van der Waals surface area contributed by atoms with Gasteiger partial charge in [0.25, 0.3) is 5.91 Å². The topological polar surface area (TPSA) is 62.2 Å². The number of hydrogen-bond acceptors (Lipinski definition) is 5. The molecule has 1 fully saturated rings. The Hall–Kier alpha value is -2.34. The molecule has 3 heterocycles. The number of hydrogen-bond donors (Lipinski definition) is 0. The maximum atomic E-state index is 12.8. The maximum absolute atomic E-state index is 12.8. The first-order valence-electron chi connectivity index (χ1n) is 8.78. The van der Waals surface area contributed by atoms with Gasteiger partial charge >= 0.3 is 0 Å². The van der Waals surface area contributed by atoms with Gasteiger partial charge in [-0.2, -0.15) is 0 Å². The minimum atomic E-state index is 0.0201. The molecule has 0 bridgehead atoms. The number of carbonyl (C=O) groups is 1. The highest BCUT2D eigenvalue weighted by Crippen LogP contribution is 2.26. The number of likely N-dealkylation sites (N-methyl/N-ethyl adjacent to an activating group) is 1. The molecule has 2 atom stereocenters. The van der Waals surface area contributed by atoms with Crippen LogP contribution in [0.4, 0.5) is 0 Å². The fourth-order valence-corrected chi connectivity index (χ4v) is 3.53. The quantitative estimate of drug-likeness (QED) is 0.837. The normalized spacial score (nSPS) is 20.2. The summed E-state index contributed by atoms with van der Waals surface area (Å²) >= 11 is 0. The van der Waals surface area contributed by atoms with Gasteiger partial charge in [0.05, 0.1) is 5.56 Å². The van der Waals surface area contributed by atoms with E-state index in [-0.39, 0.29) is 5.91 Å². The van der Waals surface area contributed by atoms with E-state index in [2.05, 4.69) is 40.9 Å². The van der Waals surface area contributed by atoms with Crippen LogP contribution < -0.4 is 0 Å². The van der Waals surface area contributed by atoms with E-state index in [1.54, 1.807) is 24.8 Å². The van der Waals surface area contributed by atoms with Crippen LogP contribution in [0.15, 0.2) is 36.9 Å². The zero-order chi connectivity index (χ0) is 17.8. The molecule has 132 valence electrons. The van der Waals surface area contributed by atoms with Crippen molar-refractivity contribution >= 4 is 5.91 Å². The minimum absolute atomic E-state index is 0.0201. The summed E-state index contributed by atoms with van der Waals surface area (Å²) in [6, 6.07) is 4.13. The lowest BCUT2D eigenvalue weighted by Gasteiger charge is -2.24. The number of nitrogens with zero attached hydrogens (tertiary/aromatic N) is 5. The first-order chi connectivity index (χ1) is 12.1. The molecule has 0 aromatic carbocycles. The van der Waals surface area contributed by atoms with E-state index in [9.17, 15) is 4.79 Å². The third-order valence-corrected chi connectivity index (χ3v) is 4.85.